The van der Waals surface area contributed by atoms with Crippen molar-refractivity contribution in [3.63, 3.8) is 0 Å². The number of benzene rings is 1. The summed E-state index contributed by atoms with van der Waals surface area (Å²) in [5.74, 6) is -3.21. The third-order valence-electron chi connectivity index (χ3n) is 4.75. The minimum absolute atomic E-state index is 0.119. The van der Waals surface area contributed by atoms with Crippen molar-refractivity contribution in [3.8, 4) is 0 Å². The fraction of sp³-hybridized carbons (Fsp3) is 0.348. The number of Topliss-reactive ketones (excluding diaryl/α,β-unsaturated/α-hetero) is 2. The standard InChI is InChI=1S/C17H24O7.C6H7NO2S/c1-10(2)13(21)17(14(22)11(3)4,24-15(23)12(5)6)16(7-18,8-19)9-20;7-5-1-3-6(4-2-5)10(8)9/h18-20H,1,3,5,7-9H2,2,4,6H3;1-4H,7H2,(H,8,9). The topological polar surface area (TPSA) is 184 Å². The van der Waals surface area contributed by atoms with E-state index in [9.17, 15) is 33.9 Å². The predicted molar refractivity (Wildman–Crippen MR) is 127 cm³/mol. The Labute approximate surface area is 200 Å². The van der Waals surface area contributed by atoms with Gasteiger partial charge in [0.1, 0.15) is 0 Å². The molecule has 188 valence electrons. The zero-order valence-corrected chi connectivity index (χ0v) is 20.2. The fourth-order valence-electron chi connectivity index (χ4n) is 2.68. The summed E-state index contributed by atoms with van der Waals surface area (Å²) in [6, 6.07) is 6.21. The molecule has 0 spiro atoms. The number of nitrogen functional groups attached to an aromatic ring is 1. The van der Waals surface area contributed by atoms with Gasteiger partial charge >= 0.3 is 5.97 Å². The maximum atomic E-state index is 12.8. The number of carbonyl (C=O) groups excluding carboxylic acids is 3. The summed E-state index contributed by atoms with van der Waals surface area (Å²) in [6.07, 6.45) is 0. The van der Waals surface area contributed by atoms with Gasteiger partial charge in [-0.05, 0) is 56.2 Å². The molecule has 1 unspecified atom stereocenters. The second kappa shape index (κ2) is 13.1. The molecule has 6 N–H and O–H groups in total. The van der Waals surface area contributed by atoms with Crippen LogP contribution in [0, 0.1) is 5.41 Å². The zero-order valence-electron chi connectivity index (χ0n) is 19.4. The molecule has 11 heteroatoms. The fourth-order valence-corrected chi connectivity index (χ4v) is 3.05. The summed E-state index contributed by atoms with van der Waals surface area (Å²) < 4.78 is 24.1. The van der Waals surface area contributed by atoms with Crippen molar-refractivity contribution in [2.24, 2.45) is 5.41 Å². The lowest BCUT2D eigenvalue weighted by molar-refractivity contribution is -0.196. The molecule has 1 rings (SSSR count). The lowest BCUT2D eigenvalue weighted by Gasteiger charge is -2.44. The van der Waals surface area contributed by atoms with Gasteiger partial charge in [-0.1, -0.05) is 19.7 Å². The van der Waals surface area contributed by atoms with E-state index >= 15 is 0 Å². The van der Waals surface area contributed by atoms with Crippen LogP contribution in [0.2, 0.25) is 0 Å². The van der Waals surface area contributed by atoms with E-state index in [-0.39, 0.29) is 16.7 Å². The maximum absolute atomic E-state index is 12.8. The summed E-state index contributed by atoms with van der Waals surface area (Å²) in [7, 11) is 0. The van der Waals surface area contributed by atoms with Crippen molar-refractivity contribution >= 4 is 34.3 Å². The van der Waals surface area contributed by atoms with Crippen LogP contribution < -0.4 is 5.73 Å². The van der Waals surface area contributed by atoms with Crippen molar-refractivity contribution in [1.82, 2.24) is 0 Å². The van der Waals surface area contributed by atoms with Crippen LogP contribution in [0.5, 0.6) is 0 Å². The number of hydrogen-bond donors (Lipinski definition) is 5. The van der Waals surface area contributed by atoms with Crippen LogP contribution in [0.15, 0.2) is 65.6 Å². The largest absolute Gasteiger partial charge is 0.438 e. The average Bonchev–Trinajstić information content (AvgIpc) is 2.78. The Hall–Kier alpha value is -2.96. The Balaban J connectivity index is 0.000000896. The van der Waals surface area contributed by atoms with Crippen LogP contribution in [0.1, 0.15) is 20.8 Å². The molecular formula is C23H31NO9S. The molecule has 0 amide bonds. The molecule has 10 nitrogen and oxygen atoms in total. The van der Waals surface area contributed by atoms with E-state index in [2.05, 4.69) is 19.7 Å². The van der Waals surface area contributed by atoms with Crippen molar-refractivity contribution < 1.29 is 43.2 Å². The van der Waals surface area contributed by atoms with E-state index in [4.69, 9.17) is 15.0 Å². The van der Waals surface area contributed by atoms with E-state index in [0.29, 0.717) is 10.6 Å². The molecule has 0 aliphatic carbocycles. The zero-order chi connectivity index (χ0) is 26.9. The monoisotopic (exact) mass is 497 g/mol. The lowest BCUT2D eigenvalue weighted by Crippen LogP contribution is -2.67. The van der Waals surface area contributed by atoms with Crippen LogP contribution in [-0.4, -0.2) is 67.0 Å². The Morgan fingerprint density at radius 3 is 1.53 bits per heavy atom. The number of rotatable bonds is 11. The van der Waals surface area contributed by atoms with Crippen LogP contribution in [0.3, 0.4) is 0 Å². The normalized spacial score (nSPS) is 12.0. The van der Waals surface area contributed by atoms with Gasteiger partial charge in [-0.3, -0.25) is 9.59 Å². The maximum Gasteiger partial charge on any atom is 0.334 e. The van der Waals surface area contributed by atoms with Gasteiger partial charge in [0.25, 0.3) is 0 Å². The van der Waals surface area contributed by atoms with E-state index in [1.165, 1.54) is 32.9 Å². The molecule has 0 aromatic heterocycles. The third kappa shape index (κ3) is 6.78. The average molecular weight is 498 g/mol. The summed E-state index contributed by atoms with van der Waals surface area (Å²) in [6.45, 7) is 11.1. The molecule has 34 heavy (non-hydrogen) atoms. The summed E-state index contributed by atoms with van der Waals surface area (Å²) in [5.41, 5.74) is 0.597. The second-order valence-corrected chi connectivity index (χ2v) is 8.61. The van der Waals surface area contributed by atoms with Gasteiger partial charge in [0.2, 0.25) is 17.2 Å². The van der Waals surface area contributed by atoms with Crippen LogP contribution in [0.4, 0.5) is 5.69 Å². The van der Waals surface area contributed by atoms with Gasteiger partial charge in [-0.2, -0.15) is 0 Å². The van der Waals surface area contributed by atoms with E-state index in [1.807, 2.05) is 0 Å². The number of anilines is 1. The number of esters is 1. The van der Waals surface area contributed by atoms with Gasteiger partial charge in [0.15, 0.2) is 11.1 Å². The molecule has 0 heterocycles. The number of ketones is 2. The number of hydrogen-bond acceptors (Lipinski definition) is 9. The molecule has 0 aliphatic rings. The van der Waals surface area contributed by atoms with Crippen molar-refractivity contribution in [2.45, 2.75) is 31.3 Å². The minimum Gasteiger partial charge on any atom is -0.438 e. The molecule has 0 bridgehead atoms. The number of nitrogens with two attached hydrogens (primary N) is 1. The van der Waals surface area contributed by atoms with Gasteiger partial charge in [-0.25, -0.2) is 9.00 Å². The van der Waals surface area contributed by atoms with Crippen molar-refractivity contribution in [3.05, 3.63) is 60.7 Å². The van der Waals surface area contributed by atoms with E-state index < -0.39 is 59.5 Å². The van der Waals surface area contributed by atoms with E-state index in [0.717, 1.165) is 0 Å². The van der Waals surface area contributed by atoms with Crippen LogP contribution >= 0.6 is 0 Å². The Bertz CT molecular complexity index is 944. The quantitative estimate of drug-likeness (QED) is 0.0969. The molecule has 0 saturated heterocycles. The lowest BCUT2D eigenvalue weighted by atomic mass is 9.65. The van der Waals surface area contributed by atoms with E-state index in [1.54, 1.807) is 12.1 Å². The van der Waals surface area contributed by atoms with Gasteiger partial charge < -0.3 is 30.3 Å². The Kier molecular flexibility index (Phi) is 11.9. The molecule has 0 saturated carbocycles. The molecule has 1 aromatic rings. The first-order valence-electron chi connectivity index (χ1n) is 9.75. The number of carbonyl (C=O) groups is 3. The molecule has 1 atom stereocenters. The molecule has 0 aliphatic heterocycles. The third-order valence-corrected chi connectivity index (χ3v) is 5.42. The first-order chi connectivity index (χ1) is 15.7. The van der Waals surface area contributed by atoms with Gasteiger partial charge in [0.05, 0.1) is 30.1 Å². The number of aliphatic hydroxyl groups is 3. The van der Waals surface area contributed by atoms with Crippen molar-refractivity contribution in [2.75, 3.05) is 25.6 Å². The number of aliphatic hydroxyl groups excluding tert-OH is 3. The summed E-state index contributed by atoms with van der Waals surface area (Å²) >= 11 is -1.89. The highest BCUT2D eigenvalue weighted by Gasteiger charge is 2.64. The second-order valence-electron chi connectivity index (χ2n) is 7.64. The first kappa shape index (κ1) is 31.0. The van der Waals surface area contributed by atoms with Crippen LogP contribution in [-0.2, 0) is 30.2 Å². The summed E-state index contributed by atoms with van der Waals surface area (Å²) in [4.78, 5) is 38.0. The van der Waals surface area contributed by atoms with Crippen LogP contribution in [0.25, 0.3) is 0 Å². The minimum atomic E-state index is -2.71. The van der Waals surface area contributed by atoms with Gasteiger partial charge in [-0.15, -0.1) is 0 Å². The molecule has 0 fully saturated rings. The first-order valence-corrected chi connectivity index (χ1v) is 10.9. The molecular weight excluding hydrogens is 466 g/mol. The number of ether oxygens (including phenoxy) is 1. The van der Waals surface area contributed by atoms with Crippen molar-refractivity contribution in [1.29, 1.82) is 0 Å². The van der Waals surface area contributed by atoms with Gasteiger partial charge in [0, 0.05) is 11.3 Å². The highest BCUT2D eigenvalue weighted by atomic mass is 32.2. The smallest absolute Gasteiger partial charge is 0.334 e. The molecule has 1 aromatic carbocycles. The highest BCUT2D eigenvalue weighted by molar-refractivity contribution is 7.79. The Morgan fingerprint density at radius 2 is 1.26 bits per heavy atom. The SMILES string of the molecule is C=C(C)C(=O)OC(C(=O)C(=C)C)(C(=O)C(=C)C)C(CO)(CO)CO.Nc1ccc(S(=O)O)cc1. The Morgan fingerprint density at radius 1 is 0.882 bits per heavy atom. The highest BCUT2D eigenvalue weighted by Crippen LogP contribution is 2.40. The molecule has 0 radical (unpaired) electrons. The predicted octanol–water partition coefficient (Wildman–Crippen LogP) is 0.948. The summed E-state index contributed by atoms with van der Waals surface area (Å²) in [5, 5.41) is 29.2.